The molecule has 8 heteroatoms. The Morgan fingerprint density at radius 2 is 2.04 bits per heavy atom. The molecule has 0 radical (unpaired) electrons. The Morgan fingerprint density at radius 1 is 1.14 bits per heavy atom. The smallest absolute Gasteiger partial charge is 0.237 e. The summed E-state index contributed by atoms with van der Waals surface area (Å²) in [5.74, 6) is 0.853. The molecule has 0 saturated heterocycles. The monoisotopic (exact) mass is 376 g/mol. The van der Waals surface area contributed by atoms with E-state index < -0.39 is 0 Å². The van der Waals surface area contributed by atoms with Crippen molar-refractivity contribution in [2.24, 2.45) is 0 Å². The summed E-state index contributed by atoms with van der Waals surface area (Å²) in [7, 11) is 0. The second-order valence-corrected chi connectivity index (χ2v) is 6.57. The molecule has 1 aliphatic heterocycles. The molecule has 0 spiro atoms. The number of ether oxygens (including phenoxy) is 1. The van der Waals surface area contributed by atoms with Gasteiger partial charge in [0.05, 0.1) is 35.6 Å². The van der Waals surface area contributed by atoms with E-state index in [1.165, 1.54) is 6.07 Å². The van der Waals surface area contributed by atoms with Crippen LogP contribution in [0.1, 0.15) is 18.0 Å². The number of para-hydroxylation sites is 3. The standard InChI is InChI=1S/C20H17FN6O/c21-13-5-3-4-12-15(8-9-28-18(12)13)25-19-14(22)10-23-20(26-19)27-11-24-16-6-1-2-7-17(16)27/h1-7,10-11,15H,8-9,22H2,(H,23,25,26). The SMILES string of the molecule is Nc1cnc(-n2cnc3ccccc32)nc1NC1CCOc2c(F)cccc21. The maximum Gasteiger partial charge on any atom is 0.237 e. The summed E-state index contributed by atoms with van der Waals surface area (Å²) in [6, 6.07) is 12.5. The Hall–Kier alpha value is -3.68. The van der Waals surface area contributed by atoms with Crippen molar-refractivity contribution in [3.8, 4) is 11.7 Å². The zero-order valence-corrected chi connectivity index (χ0v) is 14.8. The van der Waals surface area contributed by atoms with Gasteiger partial charge in [-0.2, -0.15) is 4.98 Å². The van der Waals surface area contributed by atoms with Gasteiger partial charge in [-0.1, -0.05) is 24.3 Å². The number of aromatic nitrogens is 4. The Labute approximate surface area is 160 Å². The summed E-state index contributed by atoms with van der Waals surface area (Å²) in [6.45, 7) is 0.412. The van der Waals surface area contributed by atoms with Crippen LogP contribution in [0.5, 0.6) is 5.75 Å². The van der Waals surface area contributed by atoms with E-state index in [2.05, 4.69) is 20.3 Å². The minimum Gasteiger partial charge on any atom is -0.490 e. The topological polar surface area (TPSA) is 90.9 Å². The van der Waals surface area contributed by atoms with Crippen LogP contribution in [-0.2, 0) is 0 Å². The van der Waals surface area contributed by atoms with E-state index in [0.29, 0.717) is 30.5 Å². The Bertz CT molecular complexity index is 1170. The summed E-state index contributed by atoms with van der Waals surface area (Å²) < 4.78 is 21.3. The molecule has 4 aromatic rings. The van der Waals surface area contributed by atoms with Gasteiger partial charge in [0.15, 0.2) is 17.4 Å². The molecule has 1 atom stereocenters. The second kappa shape index (κ2) is 6.49. The number of nitrogens with two attached hydrogens (primary N) is 1. The summed E-state index contributed by atoms with van der Waals surface area (Å²) in [6.07, 6.45) is 3.91. The third-order valence-electron chi connectivity index (χ3n) is 4.81. The molecule has 2 aromatic heterocycles. The first-order valence-corrected chi connectivity index (χ1v) is 8.93. The number of anilines is 2. The number of hydrogen-bond acceptors (Lipinski definition) is 6. The number of rotatable bonds is 3. The average Bonchev–Trinajstić information content (AvgIpc) is 3.15. The Morgan fingerprint density at radius 3 is 2.96 bits per heavy atom. The lowest BCUT2D eigenvalue weighted by molar-refractivity contribution is 0.260. The molecule has 0 amide bonds. The summed E-state index contributed by atoms with van der Waals surface area (Å²) >= 11 is 0. The summed E-state index contributed by atoms with van der Waals surface area (Å²) in [5, 5.41) is 3.33. The van der Waals surface area contributed by atoms with E-state index in [0.717, 1.165) is 16.6 Å². The predicted molar refractivity (Wildman–Crippen MR) is 104 cm³/mol. The van der Waals surface area contributed by atoms with Gasteiger partial charge >= 0.3 is 0 Å². The van der Waals surface area contributed by atoms with Gasteiger partial charge in [-0.05, 0) is 18.2 Å². The molecule has 3 N–H and O–H groups in total. The molecule has 1 aliphatic rings. The van der Waals surface area contributed by atoms with Gasteiger partial charge in [0.1, 0.15) is 6.33 Å². The van der Waals surface area contributed by atoms with Gasteiger partial charge in [-0.25, -0.2) is 14.4 Å². The van der Waals surface area contributed by atoms with Crippen LogP contribution in [0, 0.1) is 5.82 Å². The van der Waals surface area contributed by atoms with Crippen molar-refractivity contribution in [3.63, 3.8) is 0 Å². The van der Waals surface area contributed by atoms with Crippen molar-refractivity contribution < 1.29 is 9.13 Å². The maximum atomic E-state index is 14.0. The van der Waals surface area contributed by atoms with E-state index in [-0.39, 0.29) is 17.6 Å². The Kier molecular flexibility index (Phi) is 3.82. The highest BCUT2D eigenvalue weighted by Gasteiger charge is 2.25. The van der Waals surface area contributed by atoms with Crippen LogP contribution in [0.25, 0.3) is 17.0 Å². The molecule has 0 saturated carbocycles. The lowest BCUT2D eigenvalue weighted by atomic mass is 10.0. The van der Waals surface area contributed by atoms with Crippen molar-refractivity contribution in [1.29, 1.82) is 0 Å². The first-order chi connectivity index (χ1) is 13.7. The maximum absolute atomic E-state index is 14.0. The number of imidazole rings is 1. The molecule has 7 nitrogen and oxygen atoms in total. The lowest BCUT2D eigenvalue weighted by Gasteiger charge is -2.27. The number of halogens is 1. The van der Waals surface area contributed by atoms with Crippen molar-refractivity contribution >= 4 is 22.5 Å². The molecule has 0 aliphatic carbocycles. The van der Waals surface area contributed by atoms with Gasteiger partial charge in [0.2, 0.25) is 5.95 Å². The van der Waals surface area contributed by atoms with Gasteiger partial charge in [-0.3, -0.25) is 4.57 Å². The zero-order chi connectivity index (χ0) is 19.1. The minimum absolute atomic E-state index is 0.163. The van der Waals surface area contributed by atoms with Crippen LogP contribution in [0.2, 0.25) is 0 Å². The van der Waals surface area contributed by atoms with Crippen LogP contribution in [0.15, 0.2) is 55.0 Å². The van der Waals surface area contributed by atoms with Crippen molar-refractivity contribution in [3.05, 3.63) is 66.4 Å². The van der Waals surface area contributed by atoms with E-state index in [1.54, 1.807) is 23.2 Å². The zero-order valence-electron chi connectivity index (χ0n) is 14.8. The van der Waals surface area contributed by atoms with E-state index in [1.807, 2.05) is 30.3 Å². The number of fused-ring (bicyclic) bond motifs is 2. The van der Waals surface area contributed by atoms with Gasteiger partial charge < -0.3 is 15.8 Å². The summed E-state index contributed by atoms with van der Waals surface area (Å²) in [4.78, 5) is 13.3. The molecule has 1 unspecified atom stereocenters. The predicted octanol–water partition coefficient (Wildman–Crippen LogP) is 3.47. The van der Waals surface area contributed by atoms with Gasteiger partial charge in [-0.15, -0.1) is 0 Å². The molecule has 140 valence electrons. The van der Waals surface area contributed by atoms with E-state index >= 15 is 0 Å². The van der Waals surface area contributed by atoms with Crippen molar-refractivity contribution in [1.82, 2.24) is 19.5 Å². The van der Waals surface area contributed by atoms with Crippen LogP contribution in [-0.4, -0.2) is 26.1 Å². The van der Waals surface area contributed by atoms with Crippen molar-refractivity contribution in [2.45, 2.75) is 12.5 Å². The number of benzene rings is 2. The fraction of sp³-hybridized carbons (Fsp3) is 0.150. The Balaban J connectivity index is 1.52. The fourth-order valence-electron chi connectivity index (χ4n) is 3.43. The molecule has 3 heterocycles. The van der Waals surface area contributed by atoms with E-state index in [4.69, 9.17) is 10.5 Å². The highest BCUT2D eigenvalue weighted by molar-refractivity contribution is 5.76. The van der Waals surface area contributed by atoms with Gasteiger partial charge in [0, 0.05) is 12.0 Å². The molecule has 5 rings (SSSR count). The number of hydrogen-bond donors (Lipinski definition) is 2. The normalized spacial score (nSPS) is 15.8. The van der Waals surface area contributed by atoms with Crippen LogP contribution < -0.4 is 15.8 Å². The van der Waals surface area contributed by atoms with Crippen LogP contribution in [0.3, 0.4) is 0 Å². The molecule has 2 aromatic carbocycles. The van der Waals surface area contributed by atoms with Crippen LogP contribution in [0.4, 0.5) is 15.9 Å². The number of nitrogen functional groups attached to an aromatic ring is 1. The van der Waals surface area contributed by atoms with Gasteiger partial charge in [0.25, 0.3) is 0 Å². The average molecular weight is 376 g/mol. The highest BCUT2D eigenvalue weighted by Crippen LogP contribution is 2.36. The third kappa shape index (κ3) is 2.70. The quantitative estimate of drug-likeness (QED) is 0.569. The molecule has 0 fully saturated rings. The molecule has 0 bridgehead atoms. The number of nitrogens with one attached hydrogen (secondary N) is 1. The minimum atomic E-state index is -0.370. The third-order valence-corrected chi connectivity index (χ3v) is 4.81. The largest absolute Gasteiger partial charge is 0.490 e. The molecular formula is C20H17FN6O. The van der Waals surface area contributed by atoms with E-state index in [9.17, 15) is 4.39 Å². The summed E-state index contributed by atoms with van der Waals surface area (Å²) in [5.41, 5.74) is 9.02. The lowest BCUT2D eigenvalue weighted by Crippen LogP contribution is -2.22. The highest BCUT2D eigenvalue weighted by atomic mass is 19.1. The first-order valence-electron chi connectivity index (χ1n) is 8.93. The number of nitrogens with zero attached hydrogens (tertiary/aromatic N) is 4. The van der Waals surface area contributed by atoms with Crippen LogP contribution >= 0.6 is 0 Å². The molecular weight excluding hydrogens is 359 g/mol. The fourth-order valence-corrected chi connectivity index (χ4v) is 3.43. The first kappa shape index (κ1) is 16.5. The molecule has 28 heavy (non-hydrogen) atoms. The second-order valence-electron chi connectivity index (χ2n) is 6.57. The van der Waals surface area contributed by atoms with Crippen molar-refractivity contribution in [2.75, 3.05) is 17.7 Å².